The fraction of sp³-hybridized carbons (Fsp3) is 0.368. The maximum absolute atomic E-state index is 12.6. The van der Waals surface area contributed by atoms with E-state index in [9.17, 15) is 8.42 Å². The Morgan fingerprint density at radius 2 is 1.88 bits per heavy atom. The van der Waals surface area contributed by atoms with Crippen LogP contribution in [0.4, 0.5) is 5.69 Å². The van der Waals surface area contributed by atoms with E-state index in [0.29, 0.717) is 11.4 Å². The van der Waals surface area contributed by atoms with Crippen LogP contribution in [0, 0.1) is 13.8 Å². The van der Waals surface area contributed by atoms with Crippen LogP contribution < -0.4 is 9.62 Å². The van der Waals surface area contributed by atoms with Crippen LogP contribution in [0.2, 0.25) is 0 Å². The summed E-state index contributed by atoms with van der Waals surface area (Å²) in [5.74, 6) is 0. The van der Waals surface area contributed by atoms with E-state index < -0.39 is 10.0 Å². The largest absolute Gasteiger partial charge is 0.367 e. The number of anilines is 1. The molecular weight excluding hydrogens is 320 g/mol. The third-order valence-electron chi connectivity index (χ3n) is 4.59. The van der Waals surface area contributed by atoms with E-state index >= 15 is 0 Å². The first-order valence-corrected chi connectivity index (χ1v) is 9.84. The zero-order chi connectivity index (χ0) is 17.2. The second kappa shape index (κ2) is 6.95. The Labute approximate surface area is 144 Å². The fourth-order valence-electron chi connectivity index (χ4n) is 3.39. The quantitative estimate of drug-likeness (QED) is 0.906. The van der Waals surface area contributed by atoms with Crippen molar-refractivity contribution in [1.82, 2.24) is 4.72 Å². The van der Waals surface area contributed by atoms with Gasteiger partial charge in [-0.2, -0.15) is 0 Å². The van der Waals surface area contributed by atoms with E-state index in [4.69, 9.17) is 0 Å². The van der Waals surface area contributed by atoms with Crippen LogP contribution >= 0.6 is 0 Å². The highest BCUT2D eigenvalue weighted by molar-refractivity contribution is 7.89. The normalized spacial score (nSPS) is 18.1. The zero-order valence-corrected chi connectivity index (χ0v) is 15.0. The van der Waals surface area contributed by atoms with Crippen molar-refractivity contribution in [3.05, 3.63) is 59.7 Å². The molecule has 4 nitrogen and oxygen atoms in total. The molecule has 3 rings (SSSR count). The highest BCUT2D eigenvalue weighted by Crippen LogP contribution is 2.25. The minimum atomic E-state index is -3.48. The Bertz CT molecular complexity index is 803. The number of nitrogens with one attached hydrogen (secondary N) is 1. The Kier molecular flexibility index (Phi) is 4.92. The van der Waals surface area contributed by atoms with Gasteiger partial charge >= 0.3 is 0 Å². The highest BCUT2D eigenvalue weighted by Gasteiger charge is 2.27. The molecule has 1 aliphatic heterocycles. The van der Waals surface area contributed by atoms with Crippen LogP contribution in [0.1, 0.15) is 24.0 Å². The minimum Gasteiger partial charge on any atom is -0.367 e. The zero-order valence-electron chi connectivity index (χ0n) is 14.2. The molecular formula is C19H24N2O2S. The number of nitrogens with zero attached hydrogens (tertiary/aromatic N) is 1. The maximum atomic E-state index is 12.6. The Hall–Kier alpha value is -1.85. The molecule has 0 spiro atoms. The lowest BCUT2D eigenvalue weighted by molar-refractivity contribution is 0.566. The molecule has 128 valence electrons. The first kappa shape index (κ1) is 17.0. The first-order valence-electron chi connectivity index (χ1n) is 8.36. The predicted octanol–water partition coefficient (Wildman–Crippen LogP) is 3.25. The second-order valence-electron chi connectivity index (χ2n) is 6.45. The number of benzene rings is 2. The summed E-state index contributed by atoms with van der Waals surface area (Å²) in [6.45, 7) is 5.21. The summed E-state index contributed by atoms with van der Waals surface area (Å²) in [6.07, 6.45) is 2.09. The average molecular weight is 344 g/mol. The summed E-state index contributed by atoms with van der Waals surface area (Å²) in [5, 5.41) is 0. The summed E-state index contributed by atoms with van der Waals surface area (Å²) in [4.78, 5) is 2.67. The number of para-hydroxylation sites is 1. The fourth-order valence-corrected chi connectivity index (χ4v) is 4.69. The van der Waals surface area contributed by atoms with Crippen molar-refractivity contribution in [2.45, 2.75) is 37.6 Å². The van der Waals surface area contributed by atoms with Crippen molar-refractivity contribution in [1.29, 1.82) is 0 Å². The van der Waals surface area contributed by atoms with Gasteiger partial charge in [0.05, 0.1) is 4.90 Å². The monoisotopic (exact) mass is 344 g/mol. The number of hydrogen-bond donors (Lipinski definition) is 1. The highest BCUT2D eigenvalue weighted by atomic mass is 32.2. The number of aryl methyl sites for hydroxylation is 2. The smallest absolute Gasteiger partial charge is 0.240 e. The molecule has 1 unspecified atom stereocenters. The van der Waals surface area contributed by atoms with Crippen molar-refractivity contribution in [3.8, 4) is 0 Å². The van der Waals surface area contributed by atoms with Gasteiger partial charge in [-0.05, 0) is 50.5 Å². The molecule has 0 radical (unpaired) electrons. The summed E-state index contributed by atoms with van der Waals surface area (Å²) in [6, 6.07) is 15.8. The van der Waals surface area contributed by atoms with Crippen molar-refractivity contribution >= 4 is 15.7 Å². The molecule has 0 aliphatic carbocycles. The molecule has 5 heteroatoms. The van der Waals surface area contributed by atoms with Crippen molar-refractivity contribution in [3.63, 3.8) is 0 Å². The van der Waals surface area contributed by atoms with Crippen molar-refractivity contribution < 1.29 is 8.42 Å². The van der Waals surface area contributed by atoms with Gasteiger partial charge in [-0.25, -0.2) is 13.1 Å². The van der Waals surface area contributed by atoms with E-state index in [-0.39, 0.29) is 6.04 Å². The molecule has 1 saturated heterocycles. The van der Waals surface area contributed by atoms with Crippen LogP contribution in [0.25, 0.3) is 0 Å². The van der Waals surface area contributed by atoms with Crippen LogP contribution in [-0.4, -0.2) is 27.5 Å². The molecule has 0 aromatic heterocycles. The van der Waals surface area contributed by atoms with Gasteiger partial charge in [-0.15, -0.1) is 0 Å². The van der Waals surface area contributed by atoms with Crippen LogP contribution in [0.3, 0.4) is 0 Å². The van der Waals surface area contributed by atoms with Gasteiger partial charge in [0.25, 0.3) is 0 Å². The summed E-state index contributed by atoms with van der Waals surface area (Å²) < 4.78 is 28.1. The van der Waals surface area contributed by atoms with Gasteiger partial charge in [-0.3, -0.25) is 0 Å². The Balaban J connectivity index is 1.72. The van der Waals surface area contributed by atoms with Crippen LogP contribution in [-0.2, 0) is 10.0 Å². The lowest BCUT2D eigenvalue weighted by atomic mass is 10.2. The standard InChI is InChI=1S/C19H24N2O2S/c1-15-10-11-19(16(2)13-15)24(22,23)20-14-18-9-6-12-21(18)17-7-4-3-5-8-17/h3-5,7-8,10-11,13,18,20H,6,9,12,14H2,1-2H3. The lowest BCUT2D eigenvalue weighted by Gasteiger charge is -2.27. The van der Waals surface area contributed by atoms with E-state index in [1.165, 1.54) is 0 Å². The van der Waals surface area contributed by atoms with Gasteiger partial charge in [0.2, 0.25) is 10.0 Å². The van der Waals surface area contributed by atoms with Crippen molar-refractivity contribution in [2.24, 2.45) is 0 Å². The topological polar surface area (TPSA) is 49.4 Å². The van der Waals surface area contributed by atoms with Gasteiger partial charge in [0.1, 0.15) is 0 Å². The molecule has 1 atom stereocenters. The van der Waals surface area contributed by atoms with E-state index in [1.807, 2.05) is 44.2 Å². The van der Waals surface area contributed by atoms with E-state index in [1.54, 1.807) is 6.07 Å². The molecule has 1 N–H and O–H groups in total. The number of hydrogen-bond acceptors (Lipinski definition) is 3. The Morgan fingerprint density at radius 3 is 2.58 bits per heavy atom. The van der Waals surface area contributed by atoms with Gasteiger partial charge in [0.15, 0.2) is 0 Å². The third-order valence-corrected chi connectivity index (χ3v) is 6.18. The molecule has 2 aromatic carbocycles. The molecule has 1 fully saturated rings. The van der Waals surface area contributed by atoms with E-state index in [0.717, 1.165) is 36.2 Å². The minimum absolute atomic E-state index is 0.202. The third kappa shape index (κ3) is 3.62. The molecule has 0 saturated carbocycles. The summed E-state index contributed by atoms with van der Waals surface area (Å²) in [5.41, 5.74) is 3.01. The van der Waals surface area contributed by atoms with Crippen molar-refractivity contribution in [2.75, 3.05) is 18.0 Å². The predicted molar refractivity (Wildman–Crippen MR) is 97.9 cm³/mol. The SMILES string of the molecule is Cc1ccc(S(=O)(=O)NCC2CCCN2c2ccccc2)c(C)c1. The molecule has 0 bridgehead atoms. The Morgan fingerprint density at radius 1 is 1.12 bits per heavy atom. The molecule has 24 heavy (non-hydrogen) atoms. The maximum Gasteiger partial charge on any atom is 0.240 e. The molecule has 1 heterocycles. The van der Waals surface area contributed by atoms with Gasteiger partial charge < -0.3 is 4.90 Å². The summed E-state index contributed by atoms with van der Waals surface area (Å²) >= 11 is 0. The molecule has 1 aliphatic rings. The molecule has 2 aromatic rings. The number of rotatable bonds is 5. The number of sulfonamides is 1. The van der Waals surface area contributed by atoms with Gasteiger partial charge in [0, 0.05) is 24.8 Å². The van der Waals surface area contributed by atoms with Crippen LogP contribution in [0.15, 0.2) is 53.4 Å². The van der Waals surface area contributed by atoms with Gasteiger partial charge in [-0.1, -0.05) is 35.9 Å². The molecule has 0 amide bonds. The lowest BCUT2D eigenvalue weighted by Crippen LogP contribution is -2.40. The van der Waals surface area contributed by atoms with Crippen LogP contribution in [0.5, 0.6) is 0 Å². The second-order valence-corrected chi connectivity index (χ2v) is 8.18. The van der Waals surface area contributed by atoms with E-state index in [2.05, 4.69) is 21.8 Å². The first-order chi connectivity index (χ1) is 11.5. The average Bonchev–Trinajstić information content (AvgIpc) is 3.02. The summed E-state index contributed by atoms with van der Waals surface area (Å²) in [7, 11) is -3.48.